The minimum absolute atomic E-state index is 0.0425. The summed E-state index contributed by atoms with van der Waals surface area (Å²) < 4.78 is 24.9. The van der Waals surface area contributed by atoms with E-state index in [2.05, 4.69) is 0 Å². The van der Waals surface area contributed by atoms with E-state index in [1.807, 2.05) is 4.90 Å². The number of amides is 1. The third-order valence-corrected chi connectivity index (χ3v) is 6.12. The zero-order chi connectivity index (χ0) is 18.0. The molecular formula is C21H28FNO3. The van der Waals surface area contributed by atoms with Gasteiger partial charge in [0, 0.05) is 25.6 Å². The van der Waals surface area contributed by atoms with Crippen molar-refractivity contribution in [1.29, 1.82) is 0 Å². The van der Waals surface area contributed by atoms with Crippen LogP contribution in [0.25, 0.3) is 0 Å². The average Bonchev–Trinajstić information content (AvgIpc) is 3.49. The van der Waals surface area contributed by atoms with E-state index < -0.39 is 0 Å². The molecular weight excluding hydrogens is 333 g/mol. The summed E-state index contributed by atoms with van der Waals surface area (Å²) >= 11 is 0. The first-order chi connectivity index (χ1) is 12.6. The van der Waals surface area contributed by atoms with Crippen LogP contribution in [0.4, 0.5) is 4.39 Å². The molecule has 26 heavy (non-hydrogen) atoms. The molecule has 1 atom stereocenters. The van der Waals surface area contributed by atoms with Gasteiger partial charge >= 0.3 is 0 Å². The minimum Gasteiger partial charge on any atom is -0.494 e. The number of ether oxygens (including phenoxy) is 2. The van der Waals surface area contributed by atoms with E-state index in [0.29, 0.717) is 24.3 Å². The van der Waals surface area contributed by atoms with Gasteiger partial charge in [0.15, 0.2) is 0 Å². The van der Waals surface area contributed by atoms with Crippen LogP contribution >= 0.6 is 0 Å². The van der Waals surface area contributed by atoms with Crippen LogP contribution < -0.4 is 4.74 Å². The van der Waals surface area contributed by atoms with Gasteiger partial charge in [-0.15, -0.1) is 0 Å². The Kier molecular flexibility index (Phi) is 5.16. The fraction of sp³-hybridized carbons (Fsp3) is 0.667. The largest absolute Gasteiger partial charge is 0.494 e. The smallest absolute Gasteiger partial charge is 0.225 e. The maximum atomic E-state index is 12.9. The number of rotatable bonds is 5. The number of hydrogen-bond acceptors (Lipinski definition) is 3. The number of carbonyl (C=O) groups is 1. The highest BCUT2D eigenvalue weighted by Crippen LogP contribution is 2.40. The molecule has 1 aliphatic carbocycles. The summed E-state index contributed by atoms with van der Waals surface area (Å²) in [4.78, 5) is 14.3. The molecule has 4 nitrogen and oxygen atoms in total. The monoisotopic (exact) mass is 361 g/mol. The number of benzene rings is 1. The molecule has 3 aliphatic rings. The number of hydrogen-bond donors (Lipinski definition) is 0. The molecule has 142 valence electrons. The van der Waals surface area contributed by atoms with Crippen LogP contribution in [-0.2, 0) is 9.53 Å². The minimum atomic E-state index is -0.241. The van der Waals surface area contributed by atoms with Crippen molar-refractivity contribution in [3.8, 4) is 5.75 Å². The summed E-state index contributed by atoms with van der Waals surface area (Å²) in [7, 11) is 0. The number of halogens is 1. The van der Waals surface area contributed by atoms with Crippen molar-refractivity contribution in [3.05, 3.63) is 30.1 Å². The highest BCUT2D eigenvalue weighted by molar-refractivity contribution is 5.81. The molecule has 3 fully saturated rings. The van der Waals surface area contributed by atoms with Crippen LogP contribution in [0.2, 0.25) is 0 Å². The van der Waals surface area contributed by atoms with E-state index in [9.17, 15) is 9.18 Å². The lowest BCUT2D eigenvalue weighted by atomic mass is 9.78. The quantitative estimate of drug-likeness (QED) is 0.801. The Morgan fingerprint density at radius 1 is 1.19 bits per heavy atom. The first kappa shape index (κ1) is 17.8. The average molecular weight is 361 g/mol. The van der Waals surface area contributed by atoms with Crippen molar-refractivity contribution in [1.82, 2.24) is 4.90 Å². The lowest BCUT2D eigenvalue weighted by Gasteiger charge is -2.46. The van der Waals surface area contributed by atoms with Gasteiger partial charge in [0.05, 0.1) is 12.2 Å². The van der Waals surface area contributed by atoms with Gasteiger partial charge in [-0.1, -0.05) is 0 Å². The number of carbonyl (C=O) groups excluding carboxylic acids is 1. The number of nitrogens with zero attached hydrogens (tertiary/aromatic N) is 1. The second-order valence-electron chi connectivity index (χ2n) is 8.08. The van der Waals surface area contributed by atoms with Gasteiger partial charge in [0.2, 0.25) is 5.91 Å². The molecule has 2 heterocycles. The Hall–Kier alpha value is -1.62. The fourth-order valence-electron chi connectivity index (χ4n) is 4.32. The number of piperidine rings is 1. The molecule has 1 amide bonds. The predicted molar refractivity (Wildman–Crippen MR) is 96.5 cm³/mol. The SMILES string of the molecule is O=C(C1CC1)N1CCC2(CC1)CC(CCOc1ccc(F)cc1)CCO2. The Morgan fingerprint density at radius 2 is 1.92 bits per heavy atom. The van der Waals surface area contributed by atoms with E-state index in [0.717, 1.165) is 70.4 Å². The van der Waals surface area contributed by atoms with Gasteiger partial charge in [0.1, 0.15) is 11.6 Å². The third kappa shape index (κ3) is 4.20. The molecule has 1 saturated carbocycles. The van der Waals surface area contributed by atoms with Gasteiger partial charge in [-0.05, 0) is 75.1 Å². The molecule has 1 aromatic carbocycles. The van der Waals surface area contributed by atoms with Crippen molar-refractivity contribution >= 4 is 5.91 Å². The topological polar surface area (TPSA) is 38.8 Å². The van der Waals surface area contributed by atoms with Crippen molar-refractivity contribution in [3.63, 3.8) is 0 Å². The molecule has 0 bridgehead atoms. The van der Waals surface area contributed by atoms with Gasteiger partial charge in [-0.25, -0.2) is 4.39 Å². The van der Waals surface area contributed by atoms with Gasteiger partial charge in [0.25, 0.3) is 0 Å². The van der Waals surface area contributed by atoms with Crippen molar-refractivity contribution in [2.24, 2.45) is 11.8 Å². The van der Waals surface area contributed by atoms with Crippen molar-refractivity contribution in [2.75, 3.05) is 26.3 Å². The normalized spacial score (nSPS) is 25.3. The highest BCUT2D eigenvalue weighted by Gasteiger charge is 2.43. The van der Waals surface area contributed by atoms with E-state index in [-0.39, 0.29) is 11.4 Å². The molecule has 0 N–H and O–H groups in total. The predicted octanol–water partition coefficient (Wildman–Crippen LogP) is 3.79. The van der Waals surface area contributed by atoms with Crippen LogP contribution in [0.15, 0.2) is 24.3 Å². The molecule has 0 aromatic heterocycles. The van der Waals surface area contributed by atoms with Crippen LogP contribution in [0.5, 0.6) is 5.75 Å². The second kappa shape index (κ2) is 7.55. The maximum Gasteiger partial charge on any atom is 0.225 e. The first-order valence-corrected chi connectivity index (χ1v) is 9.95. The Balaban J connectivity index is 1.23. The molecule has 0 radical (unpaired) electrons. The highest BCUT2D eigenvalue weighted by atomic mass is 19.1. The van der Waals surface area contributed by atoms with Crippen LogP contribution in [-0.4, -0.2) is 42.7 Å². The summed E-state index contributed by atoms with van der Waals surface area (Å²) in [6.45, 7) is 3.14. The number of likely N-dealkylation sites (tertiary alicyclic amines) is 1. The van der Waals surface area contributed by atoms with E-state index >= 15 is 0 Å². The van der Waals surface area contributed by atoms with Crippen LogP contribution in [0.1, 0.15) is 44.9 Å². The Morgan fingerprint density at radius 3 is 2.62 bits per heavy atom. The van der Waals surface area contributed by atoms with Gasteiger partial charge in [-0.3, -0.25) is 4.79 Å². The molecule has 2 saturated heterocycles. The molecule has 1 unspecified atom stereocenters. The van der Waals surface area contributed by atoms with Crippen molar-refractivity contribution < 1.29 is 18.7 Å². The summed E-state index contributed by atoms with van der Waals surface area (Å²) in [5, 5.41) is 0. The van der Waals surface area contributed by atoms with Crippen LogP contribution in [0, 0.1) is 17.7 Å². The molecule has 1 aromatic rings. The Labute approximate surface area is 154 Å². The summed E-state index contributed by atoms with van der Waals surface area (Å²) in [6, 6.07) is 6.20. The third-order valence-electron chi connectivity index (χ3n) is 6.12. The molecule has 1 spiro atoms. The van der Waals surface area contributed by atoms with E-state index in [1.165, 1.54) is 12.1 Å². The second-order valence-corrected chi connectivity index (χ2v) is 8.08. The molecule has 2 aliphatic heterocycles. The summed E-state index contributed by atoms with van der Waals surface area (Å²) in [5.41, 5.74) is -0.0425. The van der Waals surface area contributed by atoms with E-state index in [4.69, 9.17) is 9.47 Å². The van der Waals surface area contributed by atoms with Gasteiger partial charge < -0.3 is 14.4 Å². The molecule has 4 rings (SSSR count). The lowest BCUT2D eigenvalue weighted by molar-refractivity contribution is -0.148. The maximum absolute atomic E-state index is 12.9. The van der Waals surface area contributed by atoms with Crippen LogP contribution in [0.3, 0.4) is 0 Å². The first-order valence-electron chi connectivity index (χ1n) is 9.95. The zero-order valence-corrected chi connectivity index (χ0v) is 15.3. The summed E-state index contributed by atoms with van der Waals surface area (Å²) in [6.07, 6.45) is 7.19. The molecule has 5 heteroatoms. The lowest BCUT2D eigenvalue weighted by Crippen LogP contribution is -2.51. The zero-order valence-electron chi connectivity index (χ0n) is 15.3. The Bertz CT molecular complexity index is 621. The summed E-state index contributed by atoms with van der Waals surface area (Å²) in [5.74, 6) is 1.75. The van der Waals surface area contributed by atoms with Crippen molar-refractivity contribution in [2.45, 2.75) is 50.5 Å². The fourth-order valence-corrected chi connectivity index (χ4v) is 4.32. The standard InChI is InChI=1S/C21H28FNO3/c22-18-3-5-19(6-4-18)25-13-7-16-8-14-26-21(15-16)9-11-23(12-10-21)20(24)17-1-2-17/h3-6,16-17H,1-2,7-15H2. The van der Waals surface area contributed by atoms with Gasteiger partial charge in [-0.2, -0.15) is 0 Å². The van der Waals surface area contributed by atoms with E-state index in [1.54, 1.807) is 12.1 Å².